The van der Waals surface area contributed by atoms with E-state index >= 15 is 0 Å². The van der Waals surface area contributed by atoms with E-state index in [1.807, 2.05) is 140 Å². The fourth-order valence-corrected chi connectivity index (χ4v) is 6.93. The third-order valence-corrected chi connectivity index (χ3v) is 10.2. The van der Waals surface area contributed by atoms with Crippen molar-refractivity contribution in [1.29, 1.82) is 0 Å². The van der Waals surface area contributed by atoms with E-state index < -0.39 is 0 Å². The van der Waals surface area contributed by atoms with Crippen LogP contribution in [0.1, 0.15) is 91.8 Å². The van der Waals surface area contributed by atoms with Crippen molar-refractivity contribution in [3.8, 4) is 33.8 Å². The Hall–Kier alpha value is -5.57. The summed E-state index contributed by atoms with van der Waals surface area (Å²) in [5, 5.41) is 11.4. The number of ether oxygens (including phenoxy) is 1. The minimum atomic E-state index is 0. The molecule has 318 valence electrons. The van der Waals surface area contributed by atoms with Crippen LogP contribution in [0.2, 0.25) is 0 Å². The Morgan fingerprint density at radius 1 is 0.565 bits per heavy atom. The van der Waals surface area contributed by atoms with E-state index in [2.05, 4.69) is 105 Å². The van der Waals surface area contributed by atoms with Gasteiger partial charge in [-0.05, 0) is 66.0 Å². The first kappa shape index (κ1) is 50.8. The zero-order valence-electron chi connectivity index (χ0n) is 38.1. The van der Waals surface area contributed by atoms with Gasteiger partial charge in [0.05, 0.1) is 6.61 Å². The molecule has 0 bridgehead atoms. The SMILES string of the molecule is CCc1ccc(OCCCN(C)c2c(C(C)C)cc(C)cc2C(C)C)c(-c2cccc(-c3ccccc3)c2O)c1.[CH2-]c1ccccc1.[CH2-]c1ccccc1.[CH2-]c1ccccc1.[Zr+4]. The smallest absolute Gasteiger partial charge is 0.507 e. The zero-order chi connectivity index (χ0) is 44.1. The molecule has 4 heteroatoms. The van der Waals surface area contributed by atoms with Gasteiger partial charge in [0, 0.05) is 36.0 Å². The van der Waals surface area contributed by atoms with Gasteiger partial charge in [-0.25, -0.2) is 0 Å². The van der Waals surface area contributed by atoms with Gasteiger partial charge in [0.15, 0.2) is 0 Å². The average molecular weight is 900 g/mol. The summed E-state index contributed by atoms with van der Waals surface area (Å²) in [5.74, 6) is 2.02. The molecule has 3 nitrogen and oxygen atoms in total. The number of aryl methyl sites for hydroxylation is 2. The zero-order valence-corrected chi connectivity index (χ0v) is 40.5. The number of para-hydroxylation sites is 1. The van der Waals surface area contributed by atoms with Crippen LogP contribution in [0.5, 0.6) is 11.5 Å². The van der Waals surface area contributed by atoms with Crippen molar-refractivity contribution >= 4 is 5.69 Å². The third kappa shape index (κ3) is 16.0. The molecule has 0 unspecified atom stereocenters. The van der Waals surface area contributed by atoms with Crippen LogP contribution in [0.3, 0.4) is 0 Å². The number of hydrogen-bond donors (Lipinski definition) is 1. The maximum absolute atomic E-state index is 11.4. The van der Waals surface area contributed by atoms with Gasteiger partial charge >= 0.3 is 26.2 Å². The largest absolute Gasteiger partial charge is 4.00 e. The molecule has 0 saturated heterocycles. The molecule has 0 atom stereocenters. The molecule has 0 radical (unpaired) electrons. The maximum atomic E-state index is 11.4. The summed E-state index contributed by atoms with van der Waals surface area (Å²) in [6.07, 6.45) is 1.81. The average Bonchev–Trinajstić information content (AvgIpc) is 3.26. The molecule has 0 spiro atoms. The van der Waals surface area contributed by atoms with E-state index in [0.29, 0.717) is 18.4 Å². The molecule has 62 heavy (non-hydrogen) atoms. The maximum Gasteiger partial charge on any atom is 4.00 e. The number of aromatic hydroxyl groups is 1. The number of anilines is 1. The number of rotatable bonds is 11. The minimum Gasteiger partial charge on any atom is -0.507 e. The van der Waals surface area contributed by atoms with Gasteiger partial charge in [0.2, 0.25) is 0 Å². The van der Waals surface area contributed by atoms with Gasteiger partial charge < -0.3 is 14.7 Å². The molecule has 7 aromatic rings. The summed E-state index contributed by atoms with van der Waals surface area (Å²) in [6.45, 7) is 26.1. The second-order valence-corrected chi connectivity index (χ2v) is 15.9. The number of benzene rings is 7. The Kier molecular flexibility index (Phi) is 21.9. The van der Waals surface area contributed by atoms with Crippen LogP contribution in [0.25, 0.3) is 22.3 Å². The van der Waals surface area contributed by atoms with Gasteiger partial charge in [-0.15, -0.1) is 36.4 Å². The quantitative estimate of drug-likeness (QED) is 0.104. The van der Waals surface area contributed by atoms with Crippen LogP contribution >= 0.6 is 0 Å². The van der Waals surface area contributed by atoms with Gasteiger partial charge in [-0.3, -0.25) is 0 Å². The van der Waals surface area contributed by atoms with E-state index in [-0.39, 0.29) is 32.0 Å². The molecule has 0 aliphatic carbocycles. The molecule has 7 rings (SSSR count). The Morgan fingerprint density at radius 3 is 1.44 bits per heavy atom. The third-order valence-electron chi connectivity index (χ3n) is 10.2. The summed E-state index contributed by atoms with van der Waals surface area (Å²) >= 11 is 0. The molecule has 0 aliphatic rings. The van der Waals surface area contributed by atoms with Crippen LogP contribution in [-0.2, 0) is 32.6 Å². The Morgan fingerprint density at radius 2 is 1.02 bits per heavy atom. The minimum absolute atomic E-state index is 0. The second kappa shape index (κ2) is 26.7. The summed E-state index contributed by atoms with van der Waals surface area (Å²) in [5.41, 5.74) is 13.5. The number of hydrogen-bond acceptors (Lipinski definition) is 3. The molecule has 1 N–H and O–H groups in total. The van der Waals surface area contributed by atoms with E-state index in [9.17, 15) is 5.11 Å². The van der Waals surface area contributed by atoms with Crippen LogP contribution in [-0.4, -0.2) is 25.3 Å². The van der Waals surface area contributed by atoms with E-state index in [0.717, 1.165) is 64.1 Å². The number of phenolic OH excluding ortho intramolecular Hbond substituents is 1. The van der Waals surface area contributed by atoms with Crippen LogP contribution in [0, 0.1) is 27.7 Å². The first-order valence-corrected chi connectivity index (χ1v) is 21.5. The van der Waals surface area contributed by atoms with Crippen LogP contribution in [0.15, 0.2) is 170 Å². The standard InChI is InChI=1S/C37H45NO2.3C7H7.Zr/c1-8-28-18-19-35(34(24-28)31-17-12-16-30(37(31)39)29-14-10-9-11-15-29)40-21-13-20-38(7)36-32(25(2)3)22-27(6)23-33(36)26(4)5;3*1-7-5-3-2-4-6-7;/h9-12,14-19,22-26,39H,8,13,20-21H2,1-7H3;3*2-6H,1H2;/q;3*-1;+4. The Balaban J connectivity index is 0.000000374. The second-order valence-electron chi connectivity index (χ2n) is 15.9. The molecule has 0 amide bonds. The molecule has 0 saturated carbocycles. The first-order chi connectivity index (χ1) is 29.4. The van der Waals surface area contributed by atoms with Crippen molar-refractivity contribution in [3.63, 3.8) is 0 Å². The summed E-state index contributed by atoms with van der Waals surface area (Å²) in [7, 11) is 2.21. The molecular formula is C58H66NO2Zr+. The normalized spacial score (nSPS) is 10.2. The molecule has 0 aromatic heterocycles. The van der Waals surface area contributed by atoms with Crippen molar-refractivity contribution in [1.82, 2.24) is 0 Å². The molecule has 7 aromatic carbocycles. The first-order valence-electron chi connectivity index (χ1n) is 21.5. The fraction of sp³-hybridized carbons (Fsp3) is 0.224. The topological polar surface area (TPSA) is 32.7 Å². The van der Waals surface area contributed by atoms with Crippen LogP contribution < -0.4 is 9.64 Å². The predicted molar refractivity (Wildman–Crippen MR) is 264 cm³/mol. The molecule has 0 heterocycles. The van der Waals surface area contributed by atoms with E-state index in [1.165, 1.54) is 27.9 Å². The predicted octanol–water partition coefficient (Wildman–Crippen LogP) is 15.4. The van der Waals surface area contributed by atoms with Gasteiger partial charge in [-0.2, -0.15) is 73.9 Å². The fourth-order valence-electron chi connectivity index (χ4n) is 6.93. The van der Waals surface area contributed by atoms with E-state index in [4.69, 9.17) is 4.74 Å². The van der Waals surface area contributed by atoms with Gasteiger partial charge in [-0.1, -0.05) is 125 Å². The van der Waals surface area contributed by atoms with Crippen molar-refractivity contribution in [3.05, 3.63) is 230 Å². The van der Waals surface area contributed by atoms with Gasteiger partial charge in [0.25, 0.3) is 0 Å². The molecule has 0 aliphatic heterocycles. The van der Waals surface area contributed by atoms with Crippen molar-refractivity contribution in [2.45, 2.75) is 66.2 Å². The Bertz CT molecular complexity index is 2190. The summed E-state index contributed by atoms with van der Waals surface area (Å²) in [4.78, 5) is 2.41. The molecular weight excluding hydrogens is 834 g/mol. The van der Waals surface area contributed by atoms with Crippen molar-refractivity contribution in [2.75, 3.05) is 25.1 Å². The van der Waals surface area contributed by atoms with Crippen LogP contribution in [0.4, 0.5) is 5.69 Å². The Labute approximate surface area is 394 Å². The summed E-state index contributed by atoms with van der Waals surface area (Å²) < 4.78 is 6.41. The van der Waals surface area contributed by atoms with Gasteiger partial charge in [0.1, 0.15) is 11.5 Å². The monoisotopic (exact) mass is 898 g/mol. The summed E-state index contributed by atoms with van der Waals surface area (Å²) in [6, 6.07) is 56.6. The molecule has 0 fully saturated rings. The van der Waals surface area contributed by atoms with E-state index in [1.54, 1.807) is 0 Å². The number of nitrogens with zero attached hydrogens (tertiary/aromatic N) is 1. The van der Waals surface area contributed by atoms with Crippen molar-refractivity contribution in [2.24, 2.45) is 0 Å². The number of phenols is 1. The van der Waals surface area contributed by atoms with Crippen molar-refractivity contribution < 1.29 is 36.0 Å².